The highest BCUT2D eigenvalue weighted by Gasteiger charge is 2.23. The molecule has 1 unspecified atom stereocenters. The molecule has 0 aliphatic rings. The third kappa shape index (κ3) is 2.86. The van der Waals surface area contributed by atoms with Gasteiger partial charge in [0.2, 0.25) is 0 Å². The van der Waals surface area contributed by atoms with Crippen molar-refractivity contribution in [3.05, 3.63) is 42.1 Å². The molecule has 1 aromatic carbocycles. The van der Waals surface area contributed by atoms with E-state index in [-0.39, 0.29) is 11.5 Å². The highest BCUT2D eigenvalue weighted by molar-refractivity contribution is 5.78. The minimum Gasteiger partial charge on any atom is -0.271 e. The third-order valence-corrected chi connectivity index (χ3v) is 3.32. The van der Waals surface area contributed by atoms with E-state index in [0.717, 1.165) is 17.6 Å². The van der Waals surface area contributed by atoms with Gasteiger partial charge >= 0.3 is 0 Å². The van der Waals surface area contributed by atoms with Gasteiger partial charge in [0.1, 0.15) is 0 Å². The van der Waals surface area contributed by atoms with Gasteiger partial charge in [0.05, 0.1) is 5.52 Å². The Hall–Kier alpha value is -1.45. The highest BCUT2D eigenvalue weighted by atomic mass is 15.2. The molecule has 3 nitrogen and oxygen atoms in total. The molecule has 3 N–H and O–H groups in total. The van der Waals surface area contributed by atoms with E-state index < -0.39 is 0 Å². The van der Waals surface area contributed by atoms with E-state index in [1.165, 1.54) is 5.39 Å². The fourth-order valence-electron chi connectivity index (χ4n) is 2.05. The van der Waals surface area contributed by atoms with Gasteiger partial charge in [0, 0.05) is 23.5 Å². The summed E-state index contributed by atoms with van der Waals surface area (Å²) in [5.41, 5.74) is 5.13. The quantitative estimate of drug-likeness (QED) is 0.643. The average Bonchev–Trinajstić information content (AvgIpc) is 2.34. The van der Waals surface area contributed by atoms with Crippen molar-refractivity contribution in [1.29, 1.82) is 0 Å². The van der Waals surface area contributed by atoms with E-state index in [9.17, 15) is 0 Å². The molecular weight excluding hydrogens is 222 g/mol. The van der Waals surface area contributed by atoms with Crippen LogP contribution in [-0.2, 0) is 6.42 Å². The molecule has 18 heavy (non-hydrogen) atoms. The minimum absolute atomic E-state index is 0.113. The van der Waals surface area contributed by atoms with Crippen LogP contribution in [0.15, 0.2) is 36.4 Å². The van der Waals surface area contributed by atoms with Gasteiger partial charge in [-0.25, -0.2) is 0 Å². The van der Waals surface area contributed by atoms with Crippen molar-refractivity contribution in [3.8, 4) is 0 Å². The van der Waals surface area contributed by atoms with Gasteiger partial charge in [-0.15, -0.1) is 0 Å². The van der Waals surface area contributed by atoms with Crippen LogP contribution in [0, 0.1) is 5.41 Å². The van der Waals surface area contributed by atoms with Crippen LogP contribution in [-0.4, -0.2) is 11.0 Å². The number of hydrogen-bond acceptors (Lipinski definition) is 3. The van der Waals surface area contributed by atoms with Crippen molar-refractivity contribution in [2.45, 2.75) is 33.2 Å². The molecule has 1 atom stereocenters. The summed E-state index contributed by atoms with van der Waals surface area (Å²) in [7, 11) is 0. The molecule has 0 bridgehead atoms. The van der Waals surface area contributed by atoms with Crippen molar-refractivity contribution in [2.75, 3.05) is 0 Å². The maximum Gasteiger partial charge on any atom is 0.0705 e. The number of para-hydroxylation sites is 1. The van der Waals surface area contributed by atoms with Crippen molar-refractivity contribution in [1.82, 2.24) is 10.4 Å². The summed E-state index contributed by atoms with van der Waals surface area (Å²) in [5.74, 6) is 5.64. The summed E-state index contributed by atoms with van der Waals surface area (Å²) in [6, 6.07) is 12.6. The lowest BCUT2D eigenvalue weighted by atomic mass is 9.84. The van der Waals surface area contributed by atoms with Gasteiger partial charge in [0.15, 0.2) is 0 Å². The summed E-state index contributed by atoms with van der Waals surface area (Å²) in [6.07, 6.45) is 0.838. The molecule has 2 rings (SSSR count). The Bertz CT molecular complexity index is 528. The van der Waals surface area contributed by atoms with Crippen LogP contribution in [0.3, 0.4) is 0 Å². The van der Waals surface area contributed by atoms with Crippen LogP contribution in [0.1, 0.15) is 26.5 Å². The molecule has 0 spiro atoms. The zero-order valence-corrected chi connectivity index (χ0v) is 11.3. The zero-order chi connectivity index (χ0) is 13.2. The maximum absolute atomic E-state index is 5.64. The normalized spacial score (nSPS) is 13.8. The zero-order valence-electron chi connectivity index (χ0n) is 11.3. The number of hydrazine groups is 1. The maximum atomic E-state index is 5.64. The predicted molar refractivity (Wildman–Crippen MR) is 76.0 cm³/mol. The van der Waals surface area contributed by atoms with Crippen molar-refractivity contribution in [2.24, 2.45) is 11.3 Å². The highest BCUT2D eigenvalue weighted by Crippen LogP contribution is 2.22. The topological polar surface area (TPSA) is 50.9 Å². The SMILES string of the molecule is CC(C)(C)C(Cc1ccc2ccccc2n1)NN. The Morgan fingerprint density at radius 3 is 2.56 bits per heavy atom. The molecule has 1 aromatic heterocycles. The van der Waals surface area contributed by atoms with Gasteiger partial charge in [-0.1, -0.05) is 45.0 Å². The standard InChI is InChI=1S/C15H21N3/c1-15(2,3)14(18-16)10-12-9-8-11-6-4-5-7-13(11)17-12/h4-9,14,18H,10,16H2,1-3H3. The Morgan fingerprint density at radius 1 is 1.17 bits per heavy atom. The summed E-state index contributed by atoms with van der Waals surface area (Å²) in [5, 5.41) is 1.18. The first-order chi connectivity index (χ1) is 8.50. The van der Waals surface area contributed by atoms with Gasteiger partial charge in [-0.05, 0) is 17.5 Å². The number of hydrogen-bond donors (Lipinski definition) is 2. The Kier molecular flexibility index (Phi) is 3.64. The third-order valence-electron chi connectivity index (χ3n) is 3.32. The van der Waals surface area contributed by atoms with Crippen LogP contribution in [0.25, 0.3) is 10.9 Å². The number of nitrogens with two attached hydrogens (primary N) is 1. The van der Waals surface area contributed by atoms with Crippen LogP contribution in [0.4, 0.5) is 0 Å². The number of benzene rings is 1. The Morgan fingerprint density at radius 2 is 1.89 bits per heavy atom. The number of aromatic nitrogens is 1. The van der Waals surface area contributed by atoms with Crippen LogP contribution in [0.5, 0.6) is 0 Å². The Labute approximate surface area is 108 Å². The Balaban J connectivity index is 2.26. The van der Waals surface area contributed by atoms with E-state index in [1.807, 2.05) is 18.2 Å². The molecule has 0 radical (unpaired) electrons. The van der Waals surface area contributed by atoms with Crippen LogP contribution < -0.4 is 11.3 Å². The number of nitrogens with one attached hydrogen (secondary N) is 1. The molecule has 2 aromatic rings. The van der Waals surface area contributed by atoms with E-state index in [0.29, 0.717) is 0 Å². The van der Waals surface area contributed by atoms with Gasteiger partial charge < -0.3 is 0 Å². The van der Waals surface area contributed by atoms with Gasteiger partial charge in [-0.3, -0.25) is 16.3 Å². The summed E-state index contributed by atoms with van der Waals surface area (Å²) in [4.78, 5) is 4.68. The predicted octanol–water partition coefficient (Wildman–Crippen LogP) is 2.66. The number of fused-ring (bicyclic) bond motifs is 1. The molecule has 0 aliphatic carbocycles. The molecule has 0 saturated carbocycles. The van der Waals surface area contributed by atoms with Crippen molar-refractivity contribution >= 4 is 10.9 Å². The van der Waals surface area contributed by atoms with Gasteiger partial charge in [0.25, 0.3) is 0 Å². The van der Waals surface area contributed by atoms with E-state index in [1.54, 1.807) is 0 Å². The first-order valence-corrected chi connectivity index (χ1v) is 6.31. The second-order valence-electron chi connectivity index (χ2n) is 5.78. The van der Waals surface area contributed by atoms with E-state index in [4.69, 9.17) is 5.84 Å². The summed E-state index contributed by atoms with van der Waals surface area (Å²) >= 11 is 0. The van der Waals surface area contributed by atoms with E-state index in [2.05, 4.69) is 49.4 Å². The average molecular weight is 243 g/mol. The number of nitrogens with zero attached hydrogens (tertiary/aromatic N) is 1. The summed E-state index contributed by atoms with van der Waals surface area (Å²) in [6.45, 7) is 6.54. The molecule has 0 fully saturated rings. The van der Waals surface area contributed by atoms with E-state index >= 15 is 0 Å². The summed E-state index contributed by atoms with van der Waals surface area (Å²) < 4.78 is 0. The smallest absolute Gasteiger partial charge is 0.0705 e. The second-order valence-corrected chi connectivity index (χ2v) is 5.78. The first-order valence-electron chi connectivity index (χ1n) is 6.31. The molecule has 0 saturated heterocycles. The molecule has 96 valence electrons. The van der Waals surface area contributed by atoms with Gasteiger partial charge in [-0.2, -0.15) is 0 Å². The van der Waals surface area contributed by atoms with Crippen LogP contribution >= 0.6 is 0 Å². The number of pyridine rings is 1. The van der Waals surface area contributed by atoms with Crippen molar-refractivity contribution < 1.29 is 0 Å². The molecule has 0 amide bonds. The number of rotatable bonds is 3. The lowest BCUT2D eigenvalue weighted by molar-refractivity contribution is 0.267. The fraction of sp³-hybridized carbons (Fsp3) is 0.400. The molecule has 1 heterocycles. The molecule has 0 aliphatic heterocycles. The lowest BCUT2D eigenvalue weighted by Crippen LogP contribution is -2.45. The largest absolute Gasteiger partial charge is 0.271 e. The molecule has 3 heteroatoms. The van der Waals surface area contributed by atoms with Crippen LogP contribution in [0.2, 0.25) is 0 Å². The first kappa shape index (κ1) is 13.0. The van der Waals surface area contributed by atoms with Crippen molar-refractivity contribution in [3.63, 3.8) is 0 Å². The molecular formula is C15H21N3. The second kappa shape index (κ2) is 5.04. The lowest BCUT2D eigenvalue weighted by Gasteiger charge is -2.29. The monoisotopic (exact) mass is 243 g/mol. The minimum atomic E-state index is 0.113. The fourth-order valence-corrected chi connectivity index (χ4v) is 2.05.